The van der Waals surface area contributed by atoms with E-state index in [0.717, 1.165) is 35.6 Å². The van der Waals surface area contributed by atoms with Crippen molar-refractivity contribution in [3.05, 3.63) is 58.6 Å². The van der Waals surface area contributed by atoms with Crippen molar-refractivity contribution in [3.63, 3.8) is 0 Å². The third kappa shape index (κ3) is 2.57. The van der Waals surface area contributed by atoms with Crippen LogP contribution in [-0.2, 0) is 11.2 Å². The van der Waals surface area contributed by atoms with Gasteiger partial charge in [-0.05, 0) is 54.8 Å². The van der Waals surface area contributed by atoms with E-state index >= 15 is 0 Å². The smallest absolute Gasteiger partial charge is 0.248 e. The zero-order chi connectivity index (χ0) is 16.7. The van der Waals surface area contributed by atoms with Gasteiger partial charge in [-0.25, -0.2) is 5.01 Å². The Bertz CT molecular complexity index is 830. The lowest BCUT2D eigenvalue weighted by Crippen LogP contribution is -2.39. The van der Waals surface area contributed by atoms with Crippen LogP contribution in [0.3, 0.4) is 0 Å². The number of rotatable bonds is 2. The second-order valence-corrected chi connectivity index (χ2v) is 6.57. The maximum atomic E-state index is 12.5. The number of aryl methyl sites for hydroxylation is 1. The Kier molecular flexibility index (Phi) is 3.77. The molecule has 0 saturated carbocycles. The van der Waals surface area contributed by atoms with Crippen LogP contribution in [0, 0.1) is 5.92 Å². The standard InChI is InChI=1S/C19H17ClN2O2/c1-24-16-9-4-12-2-3-13-10-18(23)22(21-19(13)17(12)11-16)15-7-5-14(20)6-8-15/h4-9,11,13H,2-3,10H2,1H3. The fourth-order valence-corrected chi connectivity index (χ4v) is 3.53. The quantitative estimate of drug-likeness (QED) is 0.827. The van der Waals surface area contributed by atoms with E-state index < -0.39 is 0 Å². The van der Waals surface area contributed by atoms with Gasteiger partial charge in [0, 0.05) is 22.9 Å². The Balaban J connectivity index is 1.80. The lowest BCUT2D eigenvalue weighted by Gasteiger charge is -2.33. The summed E-state index contributed by atoms with van der Waals surface area (Å²) < 4.78 is 5.36. The normalized spacial score (nSPS) is 19.4. The zero-order valence-corrected chi connectivity index (χ0v) is 14.1. The van der Waals surface area contributed by atoms with E-state index in [1.807, 2.05) is 24.3 Å². The minimum absolute atomic E-state index is 0.0254. The molecular weight excluding hydrogens is 324 g/mol. The van der Waals surface area contributed by atoms with Gasteiger partial charge in [0.15, 0.2) is 0 Å². The Morgan fingerprint density at radius 1 is 1.21 bits per heavy atom. The van der Waals surface area contributed by atoms with Crippen molar-refractivity contribution in [2.45, 2.75) is 19.3 Å². The number of fused-ring (bicyclic) bond motifs is 3. The van der Waals surface area contributed by atoms with Gasteiger partial charge in [0.25, 0.3) is 0 Å². The SMILES string of the molecule is COc1ccc2c(c1)C1=NN(c3ccc(Cl)cc3)C(=O)CC1CC2. The minimum atomic E-state index is 0.0254. The van der Waals surface area contributed by atoms with E-state index in [-0.39, 0.29) is 11.8 Å². The van der Waals surface area contributed by atoms with E-state index in [1.54, 1.807) is 19.2 Å². The van der Waals surface area contributed by atoms with Gasteiger partial charge in [-0.1, -0.05) is 17.7 Å². The molecule has 0 spiro atoms. The predicted molar refractivity (Wildman–Crippen MR) is 94.9 cm³/mol. The van der Waals surface area contributed by atoms with Crippen LogP contribution in [0.5, 0.6) is 5.75 Å². The van der Waals surface area contributed by atoms with Gasteiger partial charge in [-0.3, -0.25) is 4.79 Å². The summed E-state index contributed by atoms with van der Waals surface area (Å²) in [5, 5.41) is 6.84. The number of benzene rings is 2. The molecule has 4 rings (SSSR count). The Morgan fingerprint density at radius 2 is 2.00 bits per heavy atom. The van der Waals surface area contributed by atoms with Crippen LogP contribution in [0.15, 0.2) is 47.6 Å². The van der Waals surface area contributed by atoms with Crippen molar-refractivity contribution in [1.82, 2.24) is 0 Å². The van der Waals surface area contributed by atoms with Gasteiger partial charge >= 0.3 is 0 Å². The monoisotopic (exact) mass is 340 g/mol. The van der Waals surface area contributed by atoms with Crippen LogP contribution in [0.1, 0.15) is 24.0 Å². The number of ether oxygens (including phenoxy) is 1. The number of nitrogens with zero attached hydrogens (tertiary/aromatic N) is 2. The Hall–Kier alpha value is -2.33. The lowest BCUT2D eigenvalue weighted by molar-refractivity contribution is -0.119. The zero-order valence-electron chi connectivity index (χ0n) is 13.3. The largest absolute Gasteiger partial charge is 0.497 e. The number of carbonyl (C=O) groups is 1. The number of hydrazone groups is 1. The summed E-state index contributed by atoms with van der Waals surface area (Å²) in [6, 6.07) is 13.3. The number of hydrogen-bond donors (Lipinski definition) is 0. The van der Waals surface area contributed by atoms with Crippen molar-refractivity contribution in [1.29, 1.82) is 0 Å². The van der Waals surface area contributed by atoms with Crippen molar-refractivity contribution in [2.24, 2.45) is 11.0 Å². The summed E-state index contributed by atoms with van der Waals surface area (Å²) in [4.78, 5) is 12.5. The highest BCUT2D eigenvalue weighted by atomic mass is 35.5. The van der Waals surface area contributed by atoms with Crippen LogP contribution in [-0.4, -0.2) is 18.7 Å². The number of anilines is 1. The van der Waals surface area contributed by atoms with Crippen LogP contribution >= 0.6 is 11.6 Å². The fourth-order valence-electron chi connectivity index (χ4n) is 3.40. The molecule has 0 aromatic heterocycles. The van der Waals surface area contributed by atoms with Crippen molar-refractivity contribution < 1.29 is 9.53 Å². The van der Waals surface area contributed by atoms with Gasteiger partial charge in [0.05, 0.1) is 18.5 Å². The molecular formula is C19H17ClN2O2. The number of carbonyl (C=O) groups excluding carboxylic acids is 1. The lowest BCUT2D eigenvalue weighted by atomic mass is 9.79. The number of amides is 1. The highest BCUT2D eigenvalue weighted by molar-refractivity contribution is 6.30. The first-order chi connectivity index (χ1) is 11.7. The van der Waals surface area contributed by atoms with Crippen LogP contribution in [0.25, 0.3) is 0 Å². The molecule has 1 atom stereocenters. The van der Waals surface area contributed by atoms with E-state index in [2.05, 4.69) is 6.07 Å². The molecule has 0 bridgehead atoms. The second-order valence-electron chi connectivity index (χ2n) is 6.13. The maximum absolute atomic E-state index is 12.5. The number of methoxy groups -OCH3 is 1. The summed E-state index contributed by atoms with van der Waals surface area (Å²) in [6.45, 7) is 0. The second kappa shape index (κ2) is 5.95. The molecule has 4 nitrogen and oxygen atoms in total. The molecule has 122 valence electrons. The summed E-state index contributed by atoms with van der Waals surface area (Å²) >= 11 is 5.94. The number of hydrogen-bond acceptors (Lipinski definition) is 3. The van der Waals surface area contributed by atoms with Gasteiger partial charge in [-0.2, -0.15) is 5.10 Å². The summed E-state index contributed by atoms with van der Waals surface area (Å²) in [6.07, 6.45) is 2.41. The first-order valence-corrected chi connectivity index (χ1v) is 8.38. The van der Waals surface area contributed by atoms with Crippen molar-refractivity contribution >= 4 is 28.9 Å². The Morgan fingerprint density at radius 3 is 2.75 bits per heavy atom. The summed E-state index contributed by atoms with van der Waals surface area (Å²) in [5.74, 6) is 1.02. The van der Waals surface area contributed by atoms with Gasteiger partial charge in [0.1, 0.15) is 5.75 Å². The van der Waals surface area contributed by atoms with E-state index in [4.69, 9.17) is 21.4 Å². The van der Waals surface area contributed by atoms with E-state index in [9.17, 15) is 4.79 Å². The molecule has 0 fully saturated rings. The molecule has 2 aromatic carbocycles. The Labute approximate surface area is 145 Å². The fraction of sp³-hybridized carbons (Fsp3) is 0.263. The first kappa shape index (κ1) is 15.2. The minimum Gasteiger partial charge on any atom is -0.497 e. The van der Waals surface area contributed by atoms with Gasteiger partial charge in [-0.15, -0.1) is 0 Å². The first-order valence-electron chi connectivity index (χ1n) is 8.00. The molecule has 1 amide bonds. The van der Waals surface area contributed by atoms with Crippen molar-refractivity contribution in [2.75, 3.05) is 12.1 Å². The molecule has 0 radical (unpaired) electrons. The molecule has 24 heavy (non-hydrogen) atoms. The molecule has 5 heteroatoms. The molecule has 0 saturated heterocycles. The highest BCUT2D eigenvalue weighted by Crippen LogP contribution is 2.35. The molecule has 2 aliphatic rings. The van der Waals surface area contributed by atoms with Gasteiger partial charge in [0.2, 0.25) is 5.91 Å². The van der Waals surface area contributed by atoms with E-state index in [1.165, 1.54) is 10.6 Å². The molecule has 1 aliphatic carbocycles. The van der Waals surface area contributed by atoms with E-state index in [0.29, 0.717) is 11.4 Å². The third-order valence-electron chi connectivity index (χ3n) is 4.68. The average Bonchev–Trinajstić information content (AvgIpc) is 2.61. The average molecular weight is 341 g/mol. The maximum Gasteiger partial charge on any atom is 0.248 e. The molecule has 0 N–H and O–H groups in total. The summed E-state index contributed by atoms with van der Waals surface area (Å²) in [7, 11) is 1.66. The third-order valence-corrected chi connectivity index (χ3v) is 4.93. The van der Waals surface area contributed by atoms with Crippen LogP contribution < -0.4 is 9.75 Å². The molecule has 1 heterocycles. The van der Waals surface area contributed by atoms with Gasteiger partial charge < -0.3 is 4.74 Å². The molecule has 2 aromatic rings. The topological polar surface area (TPSA) is 41.9 Å². The molecule has 1 unspecified atom stereocenters. The van der Waals surface area contributed by atoms with Crippen LogP contribution in [0.4, 0.5) is 5.69 Å². The number of halogens is 1. The summed E-state index contributed by atoms with van der Waals surface area (Å²) in [5.41, 5.74) is 4.07. The predicted octanol–water partition coefficient (Wildman–Crippen LogP) is 4.05. The van der Waals surface area contributed by atoms with Crippen LogP contribution in [0.2, 0.25) is 5.02 Å². The highest BCUT2D eigenvalue weighted by Gasteiger charge is 2.34. The van der Waals surface area contributed by atoms with Crippen molar-refractivity contribution in [3.8, 4) is 5.75 Å². The molecule has 1 aliphatic heterocycles.